The van der Waals surface area contributed by atoms with Gasteiger partial charge in [0, 0.05) is 24.4 Å². The van der Waals surface area contributed by atoms with Crippen LogP contribution in [0.2, 0.25) is 0 Å². The minimum atomic E-state index is -0.408. The first-order valence-corrected chi connectivity index (χ1v) is 12.7. The standard InChI is InChI=1S/C27H37FN2O2/c1-2-23(26-14-19-11-20(15-26)13-21(12-19)16-26)29-24(31)7-9-27(10-8-25(32)30-27)17-18-3-5-22(28)6-4-18/h3-6,19-21,23H,2,7-17H2,1H3,(H,29,31)(H,30,32)/t19?,20?,21?,23-,26?,27-/m0/s1. The molecule has 4 nitrogen and oxygen atoms in total. The van der Waals surface area contributed by atoms with Crippen molar-refractivity contribution in [2.24, 2.45) is 23.2 Å². The van der Waals surface area contributed by atoms with Crippen LogP contribution in [-0.4, -0.2) is 23.4 Å². The molecule has 174 valence electrons. The Morgan fingerprint density at radius 3 is 2.28 bits per heavy atom. The van der Waals surface area contributed by atoms with Gasteiger partial charge in [0.1, 0.15) is 5.82 Å². The van der Waals surface area contributed by atoms with Crippen LogP contribution in [0.25, 0.3) is 0 Å². The molecular weight excluding hydrogens is 403 g/mol. The van der Waals surface area contributed by atoms with E-state index in [1.165, 1.54) is 50.7 Å². The monoisotopic (exact) mass is 440 g/mol. The number of hydrogen-bond donors (Lipinski definition) is 2. The SMILES string of the molecule is CC[C@H](NC(=O)CC[C@@]1(Cc2ccc(F)cc2)CCC(=O)N1)C12CC3CC(CC(C3)C1)C2. The fourth-order valence-corrected chi connectivity index (χ4v) is 8.09. The third-order valence-corrected chi connectivity index (χ3v) is 9.09. The quantitative estimate of drug-likeness (QED) is 0.604. The van der Waals surface area contributed by atoms with E-state index in [0.717, 1.165) is 36.2 Å². The van der Waals surface area contributed by atoms with E-state index in [1.54, 1.807) is 12.1 Å². The Balaban J connectivity index is 1.22. The Bertz CT molecular complexity index is 832. The summed E-state index contributed by atoms with van der Waals surface area (Å²) in [4.78, 5) is 25.2. The van der Waals surface area contributed by atoms with Crippen LogP contribution in [0.1, 0.15) is 83.1 Å². The van der Waals surface area contributed by atoms with Gasteiger partial charge in [-0.25, -0.2) is 4.39 Å². The fourth-order valence-electron chi connectivity index (χ4n) is 8.09. The zero-order valence-electron chi connectivity index (χ0n) is 19.3. The summed E-state index contributed by atoms with van der Waals surface area (Å²) in [6, 6.07) is 6.76. The van der Waals surface area contributed by atoms with Crippen LogP contribution >= 0.6 is 0 Å². The van der Waals surface area contributed by atoms with Crippen LogP contribution in [-0.2, 0) is 16.0 Å². The molecule has 4 bridgehead atoms. The molecule has 1 aliphatic heterocycles. The van der Waals surface area contributed by atoms with Crippen LogP contribution < -0.4 is 10.6 Å². The lowest BCUT2D eigenvalue weighted by Gasteiger charge is -2.59. The maximum atomic E-state index is 13.3. The van der Waals surface area contributed by atoms with Gasteiger partial charge in [-0.05, 0) is 105 Å². The van der Waals surface area contributed by atoms with Crippen molar-refractivity contribution < 1.29 is 14.0 Å². The Labute approximate surface area is 191 Å². The molecule has 0 unspecified atom stereocenters. The second-order valence-electron chi connectivity index (χ2n) is 11.4. The average Bonchev–Trinajstić information content (AvgIpc) is 3.12. The highest BCUT2D eigenvalue weighted by Crippen LogP contribution is 2.61. The fraction of sp³-hybridized carbons (Fsp3) is 0.704. The zero-order chi connectivity index (χ0) is 22.3. The summed E-state index contributed by atoms with van der Waals surface area (Å²) < 4.78 is 13.3. The van der Waals surface area contributed by atoms with E-state index in [4.69, 9.17) is 0 Å². The van der Waals surface area contributed by atoms with Crippen molar-refractivity contribution in [2.75, 3.05) is 0 Å². The maximum absolute atomic E-state index is 13.3. The van der Waals surface area contributed by atoms with Crippen molar-refractivity contribution in [3.8, 4) is 0 Å². The average molecular weight is 441 g/mol. The smallest absolute Gasteiger partial charge is 0.220 e. The number of amides is 2. The summed E-state index contributed by atoms with van der Waals surface area (Å²) in [7, 11) is 0. The molecule has 6 rings (SSSR count). The van der Waals surface area contributed by atoms with Gasteiger partial charge in [-0.15, -0.1) is 0 Å². The molecule has 2 amide bonds. The first-order valence-electron chi connectivity index (χ1n) is 12.7. The lowest BCUT2D eigenvalue weighted by molar-refractivity contribution is -0.127. The van der Waals surface area contributed by atoms with Crippen LogP contribution in [0.5, 0.6) is 0 Å². The molecule has 2 atom stereocenters. The van der Waals surface area contributed by atoms with E-state index >= 15 is 0 Å². The molecule has 32 heavy (non-hydrogen) atoms. The number of nitrogens with one attached hydrogen (secondary N) is 2. The third kappa shape index (κ3) is 4.32. The van der Waals surface area contributed by atoms with Gasteiger partial charge >= 0.3 is 0 Å². The van der Waals surface area contributed by atoms with Gasteiger partial charge < -0.3 is 10.6 Å². The summed E-state index contributed by atoms with van der Waals surface area (Å²) in [5.74, 6) is 2.53. The Kier molecular flexibility index (Phi) is 5.79. The minimum absolute atomic E-state index is 0.0486. The number of carbonyl (C=O) groups is 2. The Morgan fingerprint density at radius 2 is 1.75 bits per heavy atom. The number of carbonyl (C=O) groups excluding carboxylic acids is 2. The lowest BCUT2D eigenvalue weighted by atomic mass is 9.47. The number of rotatable bonds is 8. The number of benzene rings is 1. The van der Waals surface area contributed by atoms with E-state index in [1.807, 2.05) is 0 Å². The molecule has 1 aromatic rings. The molecule has 2 N–H and O–H groups in total. The first kappa shape index (κ1) is 21.9. The van der Waals surface area contributed by atoms with Gasteiger partial charge in [0.15, 0.2) is 0 Å². The van der Waals surface area contributed by atoms with Crippen molar-refractivity contribution in [3.05, 3.63) is 35.6 Å². The van der Waals surface area contributed by atoms with Crippen LogP contribution in [0.3, 0.4) is 0 Å². The van der Waals surface area contributed by atoms with E-state index in [-0.39, 0.29) is 23.7 Å². The molecular formula is C27H37FN2O2. The van der Waals surface area contributed by atoms with Crippen molar-refractivity contribution in [2.45, 2.75) is 95.6 Å². The van der Waals surface area contributed by atoms with E-state index in [9.17, 15) is 14.0 Å². The summed E-state index contributed by atoms with van der Waals surface area (Å²) in [5.41, 5.74) is 0.898. The lowest BCUT2D eigenvalue weighted by Crippen LogP contribution is -2.56. The number of hydrogen-bond acceptors (Lipinski definition) is 2. The van der Waals surface area contributed by atoms with Crippen molar-refractivity contribution in [1.82, 2.24) is 10.6 Å². The molecule has 1 saturated heterocycles. The predicted molar refractivity (Wildman–Crippen MR) is 122 cm³/mol. The molecule has 4 saturated carbocycles. The predicted octanol–water partition coefficient (Wildman–Crippen LogP) is 4.91. The van der Waals surface area contributed by atoms with Crippen LogP contribution in [0.15, 0.2) is 24.3 Å². The summed E-state index contributed by atoms with van der Waals surface area (Å²) in [6.07, 6.45) is 12.0. The second kappa shape index (κ2) is 8.46. The normalized spacial score (nSPS) is 36.2. The molecule has 4 aliphatic carbocycles. The Hall–Kier alpha value is -1.91. The molecule has 0 spiro atoms. The third-order valence-electron chi connectivity index (χ3n) is 9.09. The Morgan fingerprint density at radius 1 is 1.12 bits per heavy atom. The van der Waals surface area contributed by atoms with E-state index in [0.29, 0.717) is 31.1 Å². The van der Waals surface area contributed by atoms with Gasteiger partial charge in [0.2, 0.25) is 11.8 Å². The highest BCUT2D eigenvalue weighted by atomic mass is 19.1. The van der Waals surface area contributed by atoms with Gasteiger partial charge in [-0.2, -0.15) is 0 Å². The highest BCUT2D eigenvalue weighted by molar-refractivity contribution is 5.80. The molecule has 1 heterocycles. The van der Waals surface area contributed by atoms with Gasteiger partial charge in [0.25, 0.3) is 0 Å². The molecule has 0 aromatic heterocycles. The van der Waals surface area contributed by atoms with E-state index in [2.05, 4.69) is 17.6 Å². The molecule has 1 aromatic carbocycles. The van der Waals surface area contributed by atoms with Gasteiger partial charge in [-0.1, -0.05) is 19.1 Å². The van der Waals surface area contributed by atoms with Crippen molar-refractivity contribution in [1.29, 1.82) is 0 Å². The molecule has 0 radical (unpaired) electrons. The topological polar surface area (TPSA) is 58.2 Å². The molecule has 5 fully saturated rings. The minimum Gasteiger partial charge on any atom is -0.353 e. The van der Waals surface area contributed by atoms with Crippen LogP contribution in [0.4, 0.5) is 4.39 Å². The summed E-state index contributed by atoms with van der Waals surface area (Å²) >= 11 is 0. The number of halogens is 1. The van der Waals surface area contributed by atoms with Gasteiger partial charge in [0.05, 0.1) is 0 Å². The van der Waals surface area contributed by atoms with Crippen molar-refractivity contribution in [3.63, 3.8) is 0 Å². The molecule has 5 heteroatoms. The van der Waals surface area contributed by atoms with Crippen LogP contribution in [0, 0.1) is 29.0 Å². The highest BCUT2D eigenvalue weighted by Gasteiger charge is 2.54. The zero-order valence-corrected chi connectivity index (χ0v) is 19.3. The van der Waals surface area contributed by atoms with Crippen molar-refractivity contribution >= 4 is 11.8 Å². The largest absolute Gasteiger partial charge is 0.353 e. The summed E-state index contributed by atoms with van der Waals surface area (Å²) in [5, 5.41) is 6.60. The molecule has 5 aliphatic rings. The second-order valence-corrected chi connectivity index (χ2v) is 11.4. The summed E-state index contributed by atoms with van der Waals surface area (Å²) in [6.45, 7) is 2.22. The first-order chi connectivity index (χ1) is 15.4. The van der Waals surface area contributed by atoms with E-state index < -0.39 is 5.54 Å². The van der Waals surface area contributed by atoms with Gasteiger partial charge in [-0.3, -0.25) is 9.59 Å². The maximum Gasteiger partial charge on any atom is 0.220 e.